The second-order valence-electron chi connectivity index (χ2n) is 3.87. The van der Waals surface area contributed by atoms with Crippen molar-refractivity contribution < 1.29 is 9.84 Å². The maximum atomic E-state index is 9.05. The highest BCUT2D eigenvalue weighted by atomic mass is 79.9. The molecule has 0 heterocycles. The molecule has 0 aliphatic carbocycles. The summed E-state index contributed by atoms with van der Waals surface area (Å²) in [6.45, 7) is 5.03. The second-order valence-corrected chi connectivity index (χ2v) is 5.58. The van der Waals surface area contributed by atoms with Crippen LogP contribution in [0, 0.1) is 5.92 Å². The molecule has 1 atom stereocenters. The third-order valence-corrected chi connectivity index (χ3v) is 3.63. The van der Waals surface area contributed by atoms with Gasteiger partial charge in [-0.25, -0.2) is 0 Å². The van der Waals surface area contributed by atoms with Crippen molar-refractivity contribution in [1.82, 2.24) is 0 Å². The van der Waals surface area contributed by atoms with E-state index < -0.39 is 0 Å². The number of hydrogen-bond donors (Lipinski definition) is 1. The van der Waals surface area contributed by atoms with Gasteiger partial charge in [0.25, 0.3) is 0 Å². The lowest BCUT2D eigenvalue weighted by atomic mass is 10.1. The molecular formula is C12H16Br2O2. The Hall–Kier alpha value is -0.0600. The average Bonchev–Trinajstić information content (AvgIpc) is 2.27. The monoisotopic (exact) mass is 350 g/mol. The van der Waals surface area contributed by atoms with E-state index in [9.17, 15) is 0 Å². The van der Waals surface area contributed by atoms with E-state index in [4.69, 9.17) is 9.84 Å². The molecule has 1 N–H and O–H groups in total. The number of rotatable bonds is 5. The van der Waals surface area contributed by atoms with Crippen LogP contribution < -0.4 is 4.74 Å². The maximum Gasteiger partial charge on any atom is 0.147 e. The maximum absolute atomic E-state index is 9.05. The lowest BCUT2D eigenvalue weighted by Gasteiger charge is -2.14. The Kier molecular flexibility index (Phi) is 5.79. The van der Waals surface area contributed by atoms with E-state index in [2.05, 4.69) is 45.7 Å². The predicted octanol–water partition coefficient (Wildman–Crippen LogP) is 4.13. The fraction of sp³-hybridized carbons (Fsp3) is 0.500. The quantitative estimate of drug-likeness (QED) is 0.864. The minimum absolute atomic E-state index is 0.0306. The fourth-order valence-corrected chi connectivity index (χ4v) is 2.70. The van der Waals surface area contributed by atoms with Gasteiger partial charge in [-0.15, -0.1) is 0 Å². The third kappa shape index (κ3) is 3.75. The molecule has 0 saturated heterocycles. The van der Waals surface area contributed by atoms with Crippen molar-refractivity contribution >= 4 is 31.9 Å². The highest BCUT2D eigenvalue weighted by Gasteiger charge is 2.10. The van der Waals surface area contributed by atoms with E-state index in [0.29, 0.717) is 12.5 Å². The molecule has 0 spiro atoms. The number of aliphatic hydroxyl groups is 1. The summed E-state index contributed by atoms with van der Waals surface area (Å²) in [4.78, 5) is 0. The van der Waals surface area contributed by atoms with Crippen molar-refractivity contribution in [1.29, 1.82) is 0 Å². The topological polar surface area (TPSA) is 29.5 Å². The molecule has 0 saturated carbocycles. The van der Waals surface area contributed by atoms with Gasteiger partial charge in [-0.3, -0.25) is 0 Å². The van der Waals surface area contributed by atoms with E-state index in [1.807, 2.05) is 12.1 Å². The first kappa shape index (κ1) is 14.0. The van der Waals surface area contributed by atoms with Gasteiger partial charge in [-0.1, -0.05) is 20.3 Å². The van der Waals surface area contributed by atoms with Crippen LogP contribution in [0.4, 0.5) is 0 Å². The molecule has 1 aromatic carbocycles. The molecule has 0 bridgehead atoms. The second kappa shape index (κ2) is 6.62. The summed E-state index contributed by atoms with van der Waals surface area (Å²) in [6.07, 6.45) is 1.10. The van der Waals surface area contributed by atoms with Gasteiger partial charge in [-0.05, 0) is 55.5 Å². The fourth-order valence-electron chi connectivity index (χ4n) is 1.18. The van der Waals surface area contributed by atoms with Gasteiger partial charge in [0.2, 0.25) is 0 Å². The van der Waals surface area contributed by atoms with Crippen LogP contribution >= 0.6 is 31.9 Å². The smallest absolute Gasteiger partial charge is 0.147 e. The summed E-state index contributed by atoms with van der Waals surface area (Å²) in [5.74, 6) is 1.34. The minimum atomic E-state index is 0.0306. The first-order valence-corrected chi connectivity index (χ1v) is 6.88. The van der Waals surface area contributed by atoms with Crippen molar-refractivity contribution in [3.8, 4) is 5.75 Å². The van der Waals surface area contributed by atoms with E-state index in [1.54, 1.807) is 0 Å². The van der Waals surface area contributed by atoms with Crippen LogP contribution in [0.15, 0.2) is 21.1 Å². The van der Waals surface area contributed by atoms with Crippen LogP contribution in [0.5, 0.6) is 5.75 Å². The van der Waals surface area contributed by atoms with Crippen molar-refractivity contribution in [3.63, 3.8) is 0 Å². The number of halogens is 2. The molecule has 0 aliphatic rings. The first-order chi connectivity index (χ1) is 7.58. The predicted molar refractivity (Wildman–Crippen MR) is 72.7 cm³/mol. The highest BCUT2D eigenvalue weighted by Crippen LogP contribution is 2.35. The van der Waals surface area contributed by atoms with E-state index in [-0.39, 0.29) is 6.61 Å². The standard InChI is InChI=1S/C12H16Br2O2/c1-3-8(2)7-16-12-10(13)4-9(6-15)5-11(12)14/h4-5,8,15H,3,6-7H2,1-2H3. The number of ether oxygens (including phenoxy) is 1. The van der Waals surface area contributed by atoms with Crippen LogP contribution in [0.2, 0.25) is 0 Å². The molecule has 0 aliphatic heterocycles. The Morgan fingerprint density at radius 3 is 2.31 bits per heavy atom. The van der Waals surface area contributed by atoms with Gasteiger partial charge in [0, 0.05) is 0 Å². The molecule has 0 amide bonds. The van der Waals surface area contributed by atoms with Gasteiger partial charge in [0.05, 0.1) is 22.2 Å². The van der Waals surface area contributed by atoms with Crippen LogP contribution in [-0.4, -0.2) is 11.7 Å². The largest absolute Gasteiger partial charge is 0.491 e. The molecule has 0 aromatic heterocycles. The van der Waals surface area contributed by atoms with Crippen LogP contribution in [0.25, 0.3) is 0 Å². The molecule has 16 heavy (non-hydrogen) atoms. The van der Waals surface area contributed by atoms with Crippen LogP contribution in [0.1, 0.15) is 25.8 Å². The lowest BCUT2D eigenvalue weighted by Crippen LogP contribution is -2.08. The average molecular weight is 352 g/mol. The van der Waals surface area contributed by atoms with Crippen molar-refractivity contribution in [2.24, 2.45) is 5.92 Å². The number of hydrogen-bond acceptors (Lipinski definition) is 2. The molecule has 4 heteroatoms. The number of aliphatic hydroxyl groups excluding tert-OH is 1. The van der Waals surface area contributed by atoms with Gasteiger partial charge >= 0.3 is 0 Å². The molecule has 1 unspecified atom stereocenters. The minimum Gasteiger partial charge on any atom is -0.491 e. The van der Waals surface area contributed by atoms with Gasteiger partial charge in [0.1, 0.15) is 5.75 Å². The summed E-state index contributed by atoms with van der Waals surface area (Å²) >= 11 is 6.89. The summed E-state index contributed by atoms with van der Waals surface area (Å²) in [5, 5.41) is 9.05. The molecule has 0 radical (unpaired) electrons. The van der Waals surface area contributed by atoms with E-state index in [1.165, 1.54) is 0 Å². The number of benzene rings is 1. The van der Waals surface area contributed by atoms with Crippen molar-refractivity contribution in [2.45, 2.75) is 26.9 Å². The summed E-state index contributed by atoms with van der Waals surface area (Å²) < 4.78 is 7.48. The lowest BCUT2D eigenvalue weighted by molar-refractivity contribution is 0.253. The van der Waals surface area contributed by atoms with Crippen molar-refractivity contribution in [2.75, 3.05) is 6.61 Å². The Balaban J connectivity index is 2.80. The molecule has 2 nitrogen and oxygen atoms in total. The first-order valence-electron chi connectivity index (χ1n) is 5.30. The summed E-state index contributed by atoms with van der Waals surface area (Å²) in [7, 11) is 0. The van der Waals surface area contributed by atoms with Crippen molar-refractivity contribution in [3.05, 3.63) is 26.6 Å². The van der Waals surface area contributed by atoms with Crippen LogP contribution in [0.3, 0.4) is 0 Å². The normalized spacial score (nSPS) is 12.6. The molecular weight excluding hydrogens is 336 g/mol. The zero-order valence-electron chi connectivity index (χ0n) is 9.46. The van der Waals surface area contributed by atoms with Gasteiger partial charge in [0.15, 0.2) is 0 Å². The molecule has 1 rings (SSSR count). The molecule has 90 valence electrons. The zero-order valence-corrected chi connectivity index (χ0v) is 12.6. The van der Waals surface area contributed by atoms with Crippen LogP contribution in [-0.2, 0) is 6.61 Å². The van der Waals surface area contributed by atoms with Gasteiger partial charge in [-0.2, -0.15) is 0 Å². The van der Waals surface area contributed by atoms with E-state index in [0.717, 1.165) is 26.7 Å². The summed E-state index contributed by atoms with van der Waals surface area (Å²) in [6, 6.07) is 3.74. The summed E-state index contributed by atoms with van der Waals surface area (Å²) in [5.41, 5.74) is 0.856. The Morgan fingerprint density at radius 1 is 1.31 bits per heavy atom. The zero-order chi connectivity index (χ0) is 12.1. The SMILES string of the molecule is CCC(C)COc1c(Br)cc(CO)cc1Br. The van der Waals surface area contributed by atoms with E-state index >= 15 is 0 Å². The highest BCUT2D eigenvalue weighted by molar-refractivity contribution is 9.11. The Labute approximate surface area is 113 Å². The Bertz CT molecular complexity index is 330. The molecule has 0 fully saturated rings. The third-order valence-electron chi connectivity index (χ3n) is 2.45. The Morgan fingerprint density at radius 2 is 1.88 bits per heavy atom. The molecule has 1 aromatic rings. The van der Waals surface area contributed by atoms with Gasteiger partial charge < -0.3 is 9.84 Å².